The van der Waals surface area contributed by atoms with Crippen LogP contribution in [0.15, 0.2) is 0 Å². The Bertz CT molecular complexity index is 91.0. The number of aliphatic hydroxyl groups excluding tert-OH is 2. The highest BCUT2D eigenvalue weighted by Crippen LogP contribution is 1.93. The van der Waals surface area contributed by atoms with Gasteiger partial charge in [0.05, 0.1) is 6.10 Å². The maximum atomic E-state index is 9.73. The van der Waals surface area contributed by atoms with E-state index in [2.05, 4.69) is 0 Å². The van der Waals surface area contributed by atoms with Gasteiger partial charge in [0, 0.05) is 19.0 Å². The van der Waals surface area contributed by atoms with Crippen molar-refractivity contribution in [3.05, 3.63) is 0 Å². The molecule has 4 nitrogen and oxygen atoms in total. The van der Waals surface area contributed by atoms with E-state index in [0.29, 0.717) is 0 Å². The second kappa shape index (κ2) is 4.29. The van der Waals surface area contributed by atoms with E-state index in [0.717, 1.165) is 0 Å². The van der Waals surface area contributed by atoms with E-state index in [1.54, 1.807) is 0 Å². The van der Waals surface area contributed by atoms with Gasteiger partial charge in [-0.25, -0.2) is 0 Å². The highest BCUT2D eigenvalue weighted by Gasteiger charge is 2.01. The smallest absolute Gasteiger partial charge is 0.0614 e. The van der Waals surface area contributed by atoms with Crippen molar-refractivity contribution in [3.63, 3.8) is 0 Å². The summed E-state index contributed by atoms with van der Waals surface area (Å²) in [7, 11) is 0. The highest BCUT2D eigenvalue weighted by atomic mass is 16.4. The van der Waals surface area contributed by atoms with Crippen LogP contribution >= 0.6 is 0 Å². The van der Waals surface area contributed by atoms with Gasteiger partial charge in [-0.15, -0.1) is 0 Å². The van der Waals surface area contributed by atoms with Crippen LogP contribution < -0.4 is 5.11 Å². The number of hydrogen-bond donors (Lipinski definition) is 2. The summed E-state index contributed by atoms with van der Waals surface area (Å²) in [5, 5.41) is 26.5. The molecule has 0 amide bonds. The molecule has 0 saturated heterocycles. The topological polar surface area (TPSA) is 80.6 Å². The molecule has 0 saturated carbocycles. The molecule has 0 aliphatic rings. The molecule has 0 bridgehead atoms. The number of carboxylic acid groups (broad SMARTS) is 1. The van der Waals surface area contributed by atoms with E-state index in [-0.39, 0.29) is 13.0 Å². The van der Waals surface area contributed by atoms with Crippen molar-refractivity contribution in [2.24, 2.45) is 0 Å². The minimum atomic E-state index is -1.30. The van der Waals surface area contributed by atoms with E-state index < -0.39 is 18.5 Å². The fourth-order valence-electron chi connectivity index (χ4n) is 0.443. The first-order chi connectivity index (χ1) is 4.16. The summed E-state index contributed by atoms with van der Waals surface area (Å²) < 4.78 is 0. The van der Waals surface area contributed by atoms with Crippen molar-refractivity contribution in [1.29, 1.82) is 0 Å². The summed E-state index contributed by atoms with van der Waals surface area (Å²) in [6.45, 7) is -0.200. The van der Waals surface area contributed by atoms with Gasteiger partial charge in [0.25, 0.3) is 0 Å². The number of carboxylic acids is 1. The Kier molecular flexibility index (Phi) is 4.00. The molecule has 0 aromatic heterocycles. The highest BCUT2D eigenvalue weighted by molar-refractivity contribution is 5.64. The lowest BCUT2D eigenvalue weighted by Crippen LogP contribution is -2.27. The van der Waals surface area contributed by atoms with E-state index in [4.69, 9.17) is 10.2 Å². The van der Waals surface area contributed by atoms with E-state index in [1.165, 1.54) is 0 Å². The molecule has 4 heteroatoms. The number of aliphatic hydroxyl groups is 2. The third-order valence-electron chi connectivity index (χ3n) is 0.865. The van der Waals surface area contributed by atoms with Crippen molar-refractivity contribution >= 4 is 5.97 Å². The zero-order chi connectivity index (χ0) is 7.28. The Labute approximate surface area is 52.7 Å². The van der Waals surface area contributed by atoms with Crippen LogP contribution in [0.4, 0.5) is 0 Å². The van der Waals surface area contributed by atoms with Gasteiger partial charge in [0.1, 0.15) is 0 Å². The summed E-state index contributed by atoms with van der Waals surface area (Å²) in [4.78, 5) is 9.73. The summed E-state index contributed by atoms with van der Waals surface area (Å²) >= 11 is 0. The lowest BCUT2D eigenvalue weighted by Gasteiger charge is -2.07. The maximum absolute atomic E-state index is 9.73. The summed E-state index contributed by atoms with van der Waals surface area (Å²) in [6.07, 6.45) is -1.28. The number of carbonyl (C=O) groups is 1. The Balaban J connectivity index is 3.26. The van der Waals surface area contributed by atoms with Gasteiger partial charge < -0.3 is 20.1 Å². The van der Waals surface area contributed by atoms with Gasteiger partial charge in [-0.1, -0.05) is 0 Å². The number of hydrogen-bond acceptors (Lipinski definition) is 4. The molecule has 0 rings (SSSR count). The van der Waals surface area contributed by atoms with Crippen molar-refractivity contribution < 1.29 is 20.1 Å². The molecule has 1 atom stereocenters. The van der Waals surface area contributed by atoms with Crippen molar-refractivity contribution in [3.8, 4) is 0 Å². The van der Waals surface area contributed by atoms with Gasteiger partial charge in [-0.3, -0.25) is 0 Å². The Hall–Kier alpha value is -0.610. The fourth-order valence-corrected chi connectivity index (χ4v) is 0.443. The van der Waals surface area contributed by atoms with Crippen molar-refractivity contribution in [2.75, 3.05) is 6.61 Å². The molecule has 54 valence electrons. The van der Waals surface area contributed by atoms with Crippen molar-refractivity contribution in [2.45, 2.75) is 18.9 Å². The monoisotopic (exact) mass is 133 g/mol. The predicted molar refractivity (Wildman–Crippen MR) is 27.3 cm³/mol. The minimum absolute atomic E-state index is 0.0913. The third-order valence-corrected chi connectivity index (χ3v) is 0.865. The Morgan fingerprint density at radius 3 is 2.56 bits per heavy atom. The lowest BCUT2D eigenvalue weighted by molar-refractivity contribution is -0.307. The van der Waals surface area contributed by atoms with Crippen LogP contribution in [-0.2, 0) is 4.79 Å². The first-order valence-corrected chi connectivity index (χ1v) is 2.65. The van der Waals surface area contributed by atoms with Gasteiger partial charge >= 0.3 is 0 Å². The first-order valence-electron chi connectivity index (χ1n) is 2.65. The van der Waals surface area contributed by atoms with Gasteiger partial charge in [0.15, 0.2) is 0 Å². The molecular formula is C5H9O4-. The summed E-state index contributed by atoms with van der Waals surface area (Å²) in [6, 6.07) is 0. The molecule has 0 aromatic carbocycles. The second-order valence-electron chi connectivity index (χ2n) is 1.74. The van der Waals surface area contributed by atoms with E-state index >= 15 is 0 Å². The van der Waals surface area contributed by atoms with Gasteiger partial charge in [0.2, 0.25) is 0 Å². The van der Waals surface area contributed by atoms with Crippen LogP contribution in [0, 0.1) is 0 Å². The van der Waals surface area contributed by atoms with E-state index in [1.807, 2.05) is 0 Å². The van der Waals surface area contributed by atoms with E-state index in [9.17, 15) is 9.90 Å². The molecule has 9 heavy (non-hydrogen) atoms. The third kappa shape index (κ3) is 5.26. The first kappa shape index (κ1) is 8.39. The standard InChI is InChI=1S/C5H10O4/c6-2-1-4(7)3-5(8)9/h4,6-7H,1-3H2,(H,8,9)/p-1. The molecule has 0 spiro atoms. The fraction of sp³-hybridized carbons (Fsp3) is 0.800. The molecule has 2 N–H and O–H groups in total. The summed E-state index contributed by atoms with van der Waals surface area (Å²) in [5.74, 6) is -1.30. The summed E-state index contributed by atoms with van der Waals surface area (Å²) in [5.41, 5.74) is 0. The van der Waals surface area contributed by atoms with Crippen LogP contribution in [0.2, 0.25) is 0 Å². The molecule has 0 aromatic rings. The molecule has 0 heterocycles. The lowest BCUT2D eigenvalue weighted by atomic mass is 10.2. The van der Waals surface area contributed by atoms with Crippen LogP contribution in [0.1, 0.15) is 12.8 Å². The van der Waals surface area contributed by atoms with Crippen LogP contribution in [0.3, 0.4) is 0 Å². The van der Waals surface area contributed by atoms with Crippen LogP contribution in [-0.4, -0.2) is 28.9 Å². The minimum Gasteiger partial charge on any atom is -0.550 e. The molecule has 0 aliphatic carbocycles. The molecule has 1 unspecified atom stereocenters. The second-order valence-corrected chi connectivity index (χ2v) is 1.74. The van der Waals surface area contributed by atoms with Gasteiger partial charge in [-0.05, 0) is 6.42 Å². The molecule has 0 aliphatic heterocycles. The number of rotatable bonds is 4. The zero-order valence-electron chi connectivity index (χ0n) is 4.91. The Morgan fingerprint density at radius 2 is 2.22 bits per heavy atom. The Morgan fingerprint density at radius 1 is 1.67 bits per heavy atom. The molecular weight excluding hydrogens is 124 g/mol. The zero-order valence-corrected chi connectivity index (χ0v) is 4.91. The normalized spacial score (nSPS) is 13.1. The molecule has 0 radical (unpaired) electrons. The van der Waals surface area contributed by atoms with Crippen molar-refractivity contribution in [1.82, 2.24) is 0 Å². The quantitative estimate of drug-likeness (QED) is 0.459. The average molecular weight is 133 g/mol. The maximum Gasteiger partial charge on any atom is 0.0614 e. The van der Waals surface area contributed by atoms with Crippen LogP contribution in [0.25, 0.3) is 0 Å². The number of aliphatic carboxylic acids is 1. The SMILES string of the molecule is O=C([O-])CC(O)CCO. The molecule has 0 fully saturated rings. The van der Waals surface area contributed by atoms with Crippen LogP contribution in [0.5, 0.6) is 0 Å². The largest absolute Gasteiger partial charge is 0.550 e. The van der Waals surface area contributed by atoms with Gasteiger partial charge in [-0.2, -0.15) is 0 Å². The average Bonchev–Trinajstić information content (AvgIpc) is 1.63. The number of carbonyl (C=O) groups excluding carboxylic acids is 1. The predicted octanol–water partition coefficient (Wildman–Crippen LogP) is -2.13.